The molecule has 2 nitrogen and oxygen atoms in total. The molecule has 4 heteroatoms. The number of benzene rings is 2. The van der Waals surface area contributed by atoms with Crippen molar-refractivity contribution in [2.24, 2.45) is 0 Å². The van der Waals surface area contributed by atoms with E-state index in [4.69, 9.17) is 0 Å². The van der Waals surface area contributed by atoms with Gasteiger partial charge in [-0.3, -0.25) is 0 Å². The number of fused-ring (bicyclic) bond motifs is 3. The van der Waals surface area contributed by atoms with E-state index in [1.54, 1.807) is 0 Å². The average molecular weight is 462 g/mol. The van der Waals surface area contributed by atoms with Crippen LogP contribution < -0.4 is 28.5 Å². The molecule has 0 spiro atoms. The van der Waals surface area contributed by atoms with E-state index in [9.17, 15) is 0 Å². The second kappa shape index (κ2) is 9.15. The molecule has 25 heavy (non-hydrogen) atoms. The number of nitrogens with zero attached hydrogens (tertiary/aromatic N) is 2. The number of aromatic nitrogens is 1. The molecule has 0 aliphatic carbocycles. The SMILES string of the molecule is CC[n+]1c(/C=C/C=C/C=C/N(C)C)sc2ccc3ccccc3c21.[I-]. The highest BCUT2D eigenvalue weighted by atomic mass is 127. The summed E-state index contributed by atoms with van der Waals surface area (Å²) in [6, 6.07) is 13.1. The molecule has 1 heterocycles. The molecule has 3 rings (SSSR count). The van der Waals surface area contributed by atoms with Crippen LogP contribution in [-0.4, -0.2) is 19.0 Å². The number of allylic oxidation sites excluding steroid dienone is 4. The second-order valence-corrected chi connectivity index (χ2v) is 6.93. The third kappa shape index (κ3) is 4.50. The van der Waals surface area contributed by atoms with Gasteiger partial charge in [-0.05, 0) is 36.7 Å². The Kier molecular flexibility index (Phi) is 7.20. The summed E-state index contributed by atoms with van der Waals surface area (Å²) in [5.74, 6) is 0. The van der Waals surface area contributed by atoms with Gasteiger partial charge in [0.2, 0.25) is 5.52 Å². The molecular formula is C21H23IN2S. The van der Waals surface area contributed by atoms with E-state index < -0.39 is 0 Å². The van der Waals surface area contributed by atoms with Crippen LogP contribution in [0.1, 0.15) is 11.9 Å². The average Bonchev–Trinajstić information content (AvgIpc) is 2.95. The summed E-state index contributed by atoms with van der Waals surface area (Å²) in [6.45, 7) is 3.18. The Morgan fingerprint density at radius 2 is 1.76 bits per heavy atom. The summed E-state index contributed by atoms with van der Waals surface area (Å²) in [7, 11) is 4.04. The van der Waals surface area contributed by atoms with E-state index in [0.29, 0.717) is 0 Å². The van der Waals surface area contributed by atoms with Crippen molar-refractivity contribution in [3.8, 4) is 0 Å². The van der Waals surface area contributed by atoms with Crippen molar-refractivity contribution in [2.45, 2.75) is 13.5 Å². The zero-order chi connectivity index (χ0) is 16.9. The van der Waals surface area contributed by atoms with Crippen LogP contribution in [0.25, 0.3) is 27.1 Å². The first-order valence-electron chi connectivity index (χ1n) is 8.22. The van der Waals surface area contributed by atoms with Crippen molar-refractivity contribution in [2.75, 3.05) is 14.1 Å². The van der Waals surface area contributed by atoms with Crippen molar-refractivity contribution >= 4 is 38.4 Å². The van der Waals surface area contributed by atoms with Gasteiger partial charge in [0, 0.05) is 20.2 Å². The van der Waals surface area contributed by atoms with Crippen LogP contribution in [0, 0.1) is 0 Å². The van der Waals surface area contributed by atoms with Gasteiger partial charge in [-0.1, -0.05) is 53.8 Å². The van der Waals surface area contributed by atoms with E-state index in [1.807, 2.05) is 42.6 Å². The van der Waals surface area contributed by atoms with Crippen LogP contribution in [0.2, 0.25) is 0 Å². The Bertz CT molecular complexity index is 936. The molecular weight excluding hydrogens is 439 g/mol. The maximum atomic E-state index is 2.41. The highest BCUT2D eigenvalue weighted by molar-refractivity contribution is 7.19. The van der Waals surface area contributed by atoms with Crippen molar-refractivity contribution < 1.29 is 28.5 Å². The molecule has 0 bridgehead atoms. The standard InChI is InChI=1S/C21H23N2S.HI/c1-4-23-20(13-7-5-6-10-16-22(2)3)24-19-15-14-17-11-8-9-12-18(17)21(19)23;/h5-16H,4H2,1-3H3;1H/q+1;/p-1. The molecule has 2 aromatic carbocycles. The van der Waals surface area contributed by atoms with E-state index in [2.05, 4.69) is 72.2 Å². The highest BCUT2D eigenvalue weighted by Crippen LogP contribution is 2.28. The zero-order valence-electron chi connectivity index (χ0n) is 14.8. The first kappa shape index (κ1) is 19.7. The largest absolute Gasteiger partial charge is 1.00 e. The van der Waals surface area contributed by atoms with Gasteiger partial charge in [-0.15, -0.1) is 0 Å². The van der Waals surface area contributed by atoms with Gasteiger partial charge < -0.3 is 28.9 Å². The maximum absolute atomic E-state index is 2.41. The minimum absolute atomic E-state index is 0. The molecule has 0 radical (unpaired) electrons. The van der Waals surface area contributed by atoms with Crippen molar-refractivity contribution in [1.82, 2.24) is 4.90 Å². The molecule has 0 N–H and O–H groups in total. The van der Waals surface area contributed by atoms with Crippen LogP contribution in [0.15, 0.2) is 66.9 Å². The molecule has 0 atom stereocenters. The predicted octanol–water partition coefficient (Wildman–Crippen LogP) is 2.01. The number of hydrogen-bond donors (Lipinski definition) is 0. The Balaban J connectivity index is 0.00000225. The molecule has 0 fully saturated rings. The fourth-order valence-corrected chi connectivity index (χ4v) is 3.96. The van der Waals surface area contributed by atoms with Crippen LogP contribution in [0.5, 0.6) is 0 Å². The van der Waals surface area contributed by atoms with Crippen LogP contribution in [0.3, 0.4) is 0 Å². The molecule has 0 aliphatic rings. The Hall–Kier alpha value is -1.66. The summed E-state index contributed by atoms with van der Waals surface area (Å²) >= 11 is 1.85. The molecule has 3 aromatic rings. The summed E-state index contributed by atoms with van der Waals surface area (Å²) < 4.78 is 3.74. The molecule has 130 valence electrons. The second-order valence-electron chi connectivity index (χ2n) is 5.87. The summed E-state index contributed by atoms with van der Waals surface area (Å²) in [5, 5.41) is 3.91. The van der Waals surface area contributed by atoms with Gasteiger partial charge in [0.15, 0.2) is 0 Å². The smallest absolute Gasteiger partial charge is 0.262 e. The predicted molar refractivity (Wildman–Crippen MR) is 106 cm³/mol. The topological polar surface area (TPSA) is 7.12 Å². The summed E-state index contributed by atoms with van der Waals surface area (Å²) in [4.78, 5) is 2.02. The van der Waals surface area contributed by atoms with Gasteiger partial charge in [0.1, 0.15) is 11.2 Å². The Morgan fingerprint density at radius 3 is 2.52 bits per heavy atom. The molecule has 0 saturated heterocycles. The van der Waals surface area contributed by atoms with Crippen LogP contribution >= 0.6 is 11.3 Å². The minimum Gasteiger partial charge on any atom is -1.00 e. The normalized spacial score (nSPS) is 12.0. The van der Waals surface area contributed by atoms with Gasteiger partial charge in [-0.2, -0.15) is 4.57 Å². The number of rotatable bonds is 5. The van der Waals surface area contributed by atoms with Crippen molar-refractivity contribution in [3.63, 3.8) is 0 Å². The first-order valence-corrected chi connectivity index (χ1v) is 9.04. The lowest BCUT2D eigenvalue weighted by Gasteiger charge is -2.00. The van der Waals surface area contributed by atoms with E-state index in [1.165, 1.54) is 26.0 Å². The molecule has 0 saturated carbocycles. The van der Waals surface area contributed by atoms with E-state index >= 15 is 0 Å². The fraction of sp³-hybridized carbons (Fsp3) is 0.190. The van der Waals surface area contributed by atoms with Crippen LogP contribution in [-0.2, 0) is 6.54 Å². The molecule has 0 unspecified atom stereocenters. The summed E-state index contributed by atoms with van der Waals surface area (Å²) in [6.07, 6.45) is 12.5. The zero-order valence-corrected chi connectivity index (χ0v) is 17.8. The molecule has 1 aromatic heterocycles. The number of halogens is 1. The lowest BCUT2D eigenvalue weighted by Crippen LogP contribution is -3.00. The van der Waals surface area contributed by atoms with Gasteiger partial charge in [0.25, 0.3) is 5.01 Å². The lowest BCUT2D eigenvalue weighted by molar-refractivity contribution is -0.664. The van der Waals surface area contributed by atoms with Gasteiger partial charge >= 0.3 is 0 Å². The molecule has 0 aliphatic heterocycles. The fourth-order valence-electron chi connectivity index (χ4n) is 2.80. The van der Waals surface area contributed by atoms with Gasteiger partial charge in [0.05, 0.1) is 5.39 Å². The number of aryl methyl sites for hydroxylation is 1. The lowest BCUT2D eigenvalue weighted by atomic mass is 10.1. The maximum Gasteiger partial charge on any atom is 0.262 e. The van der Waals surface area contributed by atoms with Crippen LogP contribution in [0.4, 0.5) is 0 Å². The third-order valence-corrected chi connectivity index (χ3v) is 5.00. The van der Waals surface area contributed by atoms with Crippen molar-refractivity contribution in [3.05, 3.63) is 71.9 Å². The quantitative estimate of drug-likeness (QED) is 0.320. The molecule has 0 amide bonds. The Morgan fingerprint density at radius 1 is 1.00 bits per heavy atom. The number of thiazole rings is 1. The van der Waals surface area contributed by atoms with Gasteiger partial charge in [-0.25, -0.2) is 0 Å². The Labute approximate surface area is 170 Å². The first-order chi connectivity index (χ1) is 11.7. The third-order valence-electron chi connectivity index (χ3n) is 3.89. The summed E-state index contributed by atoms with van der Waals surface area (Å²) in [5.41, 5.74) is 1.34. The van der Waals surface area contributed by atoms with E-state index in [0.717, 1.165) is 6.54 Å². The van der Waals surface area contributed by atoms with Crippen molar-refractivity contribution in [1.29, 1.82) is 0 Å². The highest BCUT2D eigenvalue weighted by Gasteiger charge is 2.19. The monoisotopic (exact) mass is 462 g/mol. The number of hydrogen-bond acceptors (Lipinski definition) is 2. The van der Waals surface area contributed by atoms with E-state index in [-0.39, 0.29) is 24.0 Å². The minimum atomic E-state index is 0.